The Morgan fingerprint density at radius 1 is 0.710 bits per heavy atom. The zero-order valence-corrected chi connectivity index (χ0v) is 18.7. The number of fused-ring (bicyclic) bond motifs is 2. The molecule has 0 spiro atoms. The minimum Gasteiger partial charge on any atom is -0.358 e. The number of rotatable bonds is 3. The Labute approximate surface area is 185 Å². The van der Waals surface area contributed by atoms with Crippen LogP contribution in [0.3, 0.4) is 0 Å². The summed E-state index contributed by atoms with van der Waals surface area (Å²) in [6.07, 6.45) is 6.71. The summed E-state index contributed by atoms with van der Waals surface area (Å²) in [5.74, 6) is 0. The van der Waals surface area contributed by atoms with E-state index in [1.54, 1.807) is 0 Å². The fourth-order valence-electron chi connectivity index (χ4n) is 4.95. The zero-order valence-electron chi connectivity index (χ0n) is 18.7. The molecule has 2 heterocycles. The fraction of sp³-hybridized carbons (Fsp3) is 0.207. The second-order valence-corrected chi connectivity index (χ2v) is 9.43. The summed E-state index contributed by atoms with van der Waals surface area (Å²) in [5.41, 5.74) is 8.77. The lowest BCUT2D eigenvalue weighted by Gasteiger charge is -2.20. The summed E-state index contributed by atoms with van der Waals surface area (Å²) in [7, 11) is 0. The van der Waals surface area contributed by atoms with Crippen molar-refractivity contribution in [3.63, 3.8) is 0 Å². The second-order valence-electron chi connectivity index (χ2n) is 9.43. The molecular weight excluding hydrogens is 376 g/mol. The molecule has 154 valence electrons. The third-order valence-corrected chi connectivity index (χ3v) is 6.77. The maximum absolute atomic E-state index is 3.62. The van der Waals surface area contributed by atoms with Gasteiger partial charge >= 0.3 is 0 Å². The number of allylic oxidation sites excluding steroid dienone is 4. The first-order chi connectivity index (χ1) is 14.9. The predicted octanol–water partition coefficient (Wildman–Crippen LogP) is 7.10. The first-order valence-electron chi connectivity index (χ1n) is 11.0. The van der Waals surface area contributed by atoms with Crippen molar-refractivity contribution >= 4 is 22.8 Å². The van der Waals surface area contributed by atoms with E-state index < -0.39 is 0 Å². The van der Waals surface area contributed by atoms with Crippen LogP contribution in [-0.2, 0) is 10.8 Å². The van der Waals surface area contributed by atoms with Gasteiger partial charge in [0.1, 0.15) is 0 Å². The SMILES string of the molecule is CC1(C)C(/C=C/C=C2/Nc3ccccc3C2(C)C)=[N+](c2ccccc2)c2ccccc21. The zero-order chi connectivity index (χ0) is 21.6. The van der Waals surface area contributed by atoms with E-state index >= 15 is 0 Å². The third-order valence-electron chi connectivity index (χ3n) is 6.77. The number of para-hydroxylation sites is 3. The molecule has 3 aromatic carbocycles. The molecule has 0 bridgehead atoms. The van der Waals surface area contributed by atoms with Crippen LogP contribution in [0.15, 0.2) is 103 Å². The maximum Gasteiger partial charge on any atom is 0.215 e. The smallest absolute Gasteiger partial charge is 0.215 e. The Balaban J connectivity index is 1.59. The first-order valence-corrected chi connectivity index (χ1v) is 11.0. The van der Waals surface area contributed by atoms with E-state index in [9.17, 15) is 0 Å². The van der Waals surface area contributed by atoms with Crippen LogP contribution in [0, 0.1) is 0 Å². The number of anilines is 1. The van der Waals surface area contributed by atoms with Crippen molar-refractivity contribution in [2.75, 3.05) is 5.32 Å². The summed E-state index contributed by atoms with van der Waals surface area (Å²) in [4.78, 5) is 0. The van der Waals surface area contributed by atoms with Crippen LogP contribution in [0.4, 0.5) is 17.1 Å². The highest BCUT2D eigenvalue weighted by Gasteiger charge is 2.45. The van der Waals surface area contributed by atoms with E-state index in [1.165, 1.54) is 39.6 Å². The Morgan fingerprint density at radius 3 is 2.10 bits per heavy atom. The van der Waals surface area contributed by atoms with E-state index in [1.807, 2.05) is 0 Å². The molecule has 0 saturated carbocycles. The third kappa shape index (κ3) is 3.06. The Morgan fingerprint density at radius 2 is 1.35 bits per heavy atom. The molecule has 2 nitrogen and oxygen atoms in total. The van der Waals surface area contributed by atoms with Gasteiger partial charge in [0, 0.05) is 46.6 Å². The quantitative estimate of drug-likeness (QED) is 0.459. The predicted molar refractivity (Wildman–Crippen MR) is 133 cm³/mol. The van der Waals surface area contributed by atoms with E-state index in [2.05, 4.69) is 135 Å². The lowest BCUT2D eigenvalue weighted by atomic mass is 9.81. The van der Waals surface area contributed by atoms with Gasteiger partial charge in [-0.1, -0.05) is 74.5 Å². The largest absolute Gasteiger partial charge is 0.358 e. The minimum absolute atomic E-state index is 0.0289. The van der Waals surface area contributed by atoms with E-state index in [4.69, 9.17) is 0 Å². The number of hydrogen-bond acceptors (Lipinski definition) is 1. The van der Waals surface area contributed by atoms with Crippen LogP contribution >= 0.6 is 0 Å². The molecular formula is C29H29N2+. The lowest BCUT2D eigenvalue weighted by Crippen LogP contribution is -2.27. The molecule has 0 fully saturated rings. The maximum atomic E-state index is 3.62. The van der Waals surface area contributed by atoms with Crippen molar-refractivity contribution in [2.45, 2.75) is 38.5 Å². The van der Waals surface area contributed by atoms with E-state index in [-0.39, 0.29) is 10.8 Å². The summed E-state index contributed by atoms with van der Waals surface area (Å²) in [6.45, 7) is 9.19. The van der Waals surface area contributed by atoms with Gasteiger partial charge in [-0.3, -0.25) is 0 Å². The van der Waals surface area contributed by atoms with Gasteiger partial charge in [0.25, 0.3) is 0 Å². The van der Waals surface area contributed by atoms with Crippen LogP contribution in [0.1, 0.15) is 38.8 Å². The molecule has 3 aromatic rings. The van der Waals surface area contributed by atoms with Crippen LogP contribution < -0.4 is 9.89 Å². The van der Waals surface area contributed by atoms with Gasteiger partial charge in [0.2, 0.25) is 11.4 Å². The molecule has 0 radical (unpaired) electrons. The summed E-state index contributed by atoms with van der Waals surface area (Å²) < 4.78 is 2.40. The molecule has 31 heavy (non-hydrogen) atoms. The van der Waals surface area contributed by atoms with Crippen molar-refractivity contribution in [3.05, 3.63) is 114 Å². The summed E-state index contributed by atoms with van der Waals surface area (Å²) in [6, 6.07) is 28.0. The standard InChI is InChI=1S/C29H28N2/c1-28(2)22-15-8-10-17-24(22)30-26(28)19-12-20-27-29(3,4)23-16-9-11-18-25(23)31(27)21-13-6-5-7-14-21/h5-20H,1-4H3/p+1. The summed E-state index contributed by atoms with van der Waals surface area (Å²) in [5, 5.41) is 3.62. The monoisotopic (exact) mass is 405 g/mol. The van der Waals surface area contributed by atoms with Crippen LogP contribution in [0.5, 0.6) is 0 Å². The molecule has 0 saturated heterocycles. The normalized spacial score (nSPS) is 19.5. The molecule has 2 aliphatic rings. The van der Waals surface area contributed by atoms with Gasteiger partial charge in [0.05, 0.1) is 5.41 Å². The number of nitrogens with zero attached hydrogens (tertiary/aromatic N) is 1. The number of nitrogens with one attached hydrogen (secondary N) is 1. The van der Waals surface area contributed by atoms with Crippen molar-refractivity contribution < 1.29 is 0 Å². The Bertz CT molecular complexity index is 1240. The number of hydrogen-bond donors (Lipinski definition) is 1. The molecule has 0 atom stereocenters. The highest BCUT2D eigenvalue weighted by molar-refractivity contribution is 6.10. The average molecular weight is 406 g/mol. The Kier molecular flexibility index (Phi) is 4.48. The fourth-order valence-corrected chi connectivity index (χ4v) is 4.95. The highest BCUT2D eigenvalue weighted by atomic mass is 15.1. The second kappa shape index (κ2) is 7.09. The van der Waals surface area contributed by atoms with Gasteiger partial charge in [-0.15, -0.1) is 0 Å². The number of benzene rings is 3. The lowest BCUT2D eigenvalue weighted by molar-refractivity contribution is 0.654. The van der Waals surface area contributed by atoms with Gasteiger partial charge in [-0.2, -0.15) is 4.58 Å². The van der Waals surface area contributed by atoms with Crippen molar-refractivity contribution in [2.24, 2.45) is 0 Å². The minimum atomic E-state index is -0.0803. The van der Waals surface area contributed by atoms with Gasteiger partial charge in [-0.05, 0) is 31.6 Å². The molecule has 2 heteroatoms. The molecule has 0 unspecified atom stereocenters. The molecule has 1 N–H and O–H groups in total. The van der Waals surface area contributed by atoms with Crippen molar-refractivity contribution in [1.29, 1.82) is 0 Å². The van der Waals surface area contributed by atoms with Crippen molar-refractivity contribution in [1.82, 2.24) is 4.58 Å². The Hall–Kier alpha value is -3.39. The van der Waals surface area contributed by atoms with Crippen LogP contribution in [0.25, 0.3) is 0 Å². The molecule has 0 aliphatic carbocycles. The van der Waals surface area contributed by atoms with Crippen molar-refractivity contribution in [3.8, 4) is 0 Å². The summed E-state index contributed by atoms with van der Waals surface area (Å²) >= 11 is 0. The molecule has 2 aliphatic heterocycles. The van der Waals surface area contributed by atoms with Gasteiger partial charge < -0.3 is 5.32 Å². The van der Waals surface area contributed by atoms with Gasteiger partial charge in [-0.25, -0.2) is 0 Å². The molecule has 0 aromatic heterocycles. The topological polar surface area (TPSA) is 15.0 Å². The van der Waals surface area contributed by atoms with Crippen LogP contribution in [-0.4, -0.2) is 5.71 Å². The average Bonchev–Trinajstić information content (AvgIpc) is 3.16. The van der Waals surface area contributed by atoms with Crippen LogP contribution in [0.2, 0.25) is 0 Å². The van der Waals surface area contributed by atoms with E-state index in [0.717, 1.165) is 0 Å². The molecule has 5 rings (SSSR count). The molecule has 0 amide bonds. The highest BCUT2D eigenvalue weighted by Crippen LogP contribution is 2.44. The first kappa shape index (κ1) is 19.6. The van der Waals surface area contributed by atoms with E-state index in [0.29, 0.717) is 0 Å². The van der Waals surface area contributed by atoms with Gasteiger partial charge in [0.15, 0.2) is 5.71 Å².